The van der Waals surface area contributed by atoms with Crippen LogP contribution >= 0.6 is 0 Å². The second kappa shape index (κ2) is 10.2. The fourth-order valence-corrected chi connectivity index (χ4v) is 3.19. The summed E-state index contributed by atoms with van der Waals surface area (Å²) in [7, 11) is 0. The number of furan rings is 1. The monoisotopic (exact) mass is 422 g/mol. The van der Waals surface area contributed by atoms with E-state index >= 15 is 0 Å². The lowest BCUT2D eigenvalue weighted by Gasteiger charge is -2.17. The predicted molar refractivity (Wildman–Crippen MR) is 107 cm³/mol. The number of benzene rings is 1. The number of hydrogen-bond acceptors (Lipinski definition) is 3. The maximum Gasteiger partial charge on any atom is 0.416 e. The number of carbonyl (C=O) groups excluding carboxylic acids is 1. The van der Waals surface area contributed by atoms with Crippen molar-refractivity contribution < 1.29 is 22.4 Å². The third kappa shape index (κ3) is 6.53. The van der Waals surface area contributed by atoms with Crippen LogP contribution in [0.5, 0.6) is 0 Å². The van der Waals surface area contributed by atoms with Gasteiger partial charge in [0.1, 0.15) is 5.76 Å². The minimum Gasteiger partial charge on any atom is -0.469 e. The molecule has 9 heteroatoms. The van der Waals surface area contributed by atoms with Crippen LogP contribution in [0, 0.1) is 0 Å². The second-order valence-electron chi connectivity index (χ2n) is 7.06. The van der Waals surface area contributed by atoms with Crippen molar-refractivity contribution in [3.8, 4) is 0 Å². The highest BCUT2D eigenvalue weighted by molar-refractivity contribution is 5.86. The van der Waals surface area contributed by atoms with Crippen molar-refractivity contribution in [2.75, 3.05) is 26.2 Å². The first kappa shape index (κ1) is 21.7. The van der Waals surface area contributed by atoms with Crippen LogP contribution in [-0.2, 0) is 23.9 Å². The molecular weight excluding hydrogens is 397 g/mol. The van der Waals surface area contributed by atoms with Crippen LogP contribution < -0.4 is 10.6 Å². The Kier molecular flexibility index (Phi) is 7.37. The van der Waals surface area contributed by atoms with Crippen LogP contribution in [0.4, 0.5) is 13.2 Å². The van der Waals surface area contributed by atoms with Crippen molar-refractivity contribution in [1.29, 1.82) is 0 Å². The van der Waals surface area contributed by atoms with E-state index in [1.54, 1.807) is 23.3 Å². The first-order valence-electron chi connectivity index (χ1n) is 9.90. The third-order valence-electron chi connectivity index (χ3n) is 4.78. The average molecular weight is 422 g/mol. The van der Waals surface area contributed by atoms with Gasteiger partial charge in [-0.1, -0.05) is 12.1 Å². The van der Waals surface area contributed by atoms with Gasteiger partial charge in [0.2, 0.25) is 5.91 Å². The van der Waals surface area contributed by atoms with Gasteiger partial charge in [0.25, 0.3) is 0 Å². The maximum atomic E-state index is 12.9. The van der Waals surface area contributed by atoms with Crippen molar-refractivity contribution in [1.82, 2.24) is 15.5 Å². The summed E-state index contributed by atoms with van der Waals surface area (Å²) >= 11 is 0. The van der Waals surface area contributed by atoms with E-state index in [0.717, 1.165) is 43.8 Å². The van der Waals surface area contributed by atoms with E-state index in [1.807, 2.05) is 6.07 Å². The molecule has 1 aliphatic heterocycles. The zero-order valence-electron chi connectivity index (χ0n) is 16.5. The molecule has 0 radical (unpaired) electrons. The molecule has 2 heterocycles. The molecule has 0 unspecified atom stereocenters. The van der Waals surface area contributed by atoms with Gasteiger partial charge in [-0.25, -0.2) is 4.99 Å². The molecule has 2 N–H and O–H groups in total. The Morgan fingerprint density at radius 2 is 1.93 bits per heavy atom. The van der Waals surface area contributed by atoms with Crippen LogP contribution in [-0.4, -0.2) is 42.9 Å². The van der Waals surface area contributed by atoms with E-state index in [4.69, 9.17) is 4.42 Å². The molecule has 1 fully saturated rings. The van der Waals surface area contributed by atoms with Crippen LogP contribution in [0.25, 0.3) is 0 Å². The Labute approximate surface area is 173 Å². The van der Waals surface area contributed by atoms with E-state index in [-0.39, 0.29) is 19.0 Å². The molecule has 1 aromatic carbocycles. The topological polar surface area (TPSA) is 69.9 Å². The molecular formula is C21H25F3N4O2. The minimum absolute atomic E-state index is 0.0212. The lowest BCUT2D eigenvalue weighted by molar-refractivity contribution is -0.137. The molecule has 0 spiro atoms. The van der Waals surface area contributed by atoms with Gasteiger partial charge in [0.15, 0.2) is 5.96 Å². The minimum atomic E-state index is -4.40. The first-order chi connectivity index (χ1) is 14.4. The maximum absolute atomic E-state index is 12.9. The van der Waals surface area contributed by atoms with Crippen molar-refractivity contribution in [2.45, 2.75) is 32.0 Å². The van der Waals surface area contributed by atoms with Gasteiger partial charge in [0, 0.05) is 26.1 Å². The van der Waals surface area contributed by atoms with Crippen molar-refractivity contribution >= 4 is 11.9 Å². The average Bonchev–Trinajstić information content (AvgIpc) is 3.43. The van der Waals surface area contributed by atoms with Crippen molar-refractivity contribution in [2.24, 2.45) is 4.99 Å². The lowest BCUT2D eigenvalue weighted by Crippen LogP contribution is -2.44. The van der Waals surface area contributed by atoms with Crippen molar-refractivity contribution in [3.63, 3.8) is 0 Å². The summed E-state index contributed by atoms with van der Waals surface area (Å²) in [4.78, 5) is 18.4. The zero-order chi connectivity index (χ0) is 21.4. The number of rotatable bonds is 7. The van der Waals surface area contributed by atoms with Crippen molar-refractivity contribution in [3.05, 3.63) is 59.5 Å². The highest BCUT2D eigenvalue weighted by Crippen LogP contribution is 2.29. The van der Waals surface area contributed by atoms with Gasteiger partial charge in [0.05, 0.1) is 24.9 Å². The summed E-state index contributed by atoms with van der Waals surface area (Å²) < 4.78 is 44.0. The van der Waals surface area contributed by atoms with E-state index in [1.165, 1.54) is 6.07 Å². The van der Waals surface area contributed by atoms with Crippen LogP contribution in [0.2, 0.25) is 0 Å². The van der Waals surface area contributed by atoms with E-state index in [9.17, 15) is 18.0 Å². The molecule has 0 saturated carbocycles. The molecule has 0 aliphatic carbocycles. The smallest absolute Gasteiger partial charge is 0.416 e. The number of likely N-dealkylation sites (tertiary alicyclic amines) is 1. The largest absolute Gasteiger partial charge is 0.469 e. The first-order valence-corrected chi connectivity index (χ1v) is 9.90. The fourth-order valence-electron chi connectivity index (χ4n) is 3.19. The third-order valence-corrected chi connectivity index (χ3v) is 4.78. The Bertz CT molecular complexity index is 844. The number of carbonyl (C=O) groups is 1. The molecule has 1 aromatic heterocycles. The number of amides is 1. The summed E-state index contributed by atoms with van der Waals surface area (Å²) in [5.41, 5.74) is -0.275. The summed E-state index contributed by atoms with van der Waals surface area (Å²) in [6.45, 7) is 2.14. The number of aliphatic imine (C=N–C) groups is 1. The molecule has 1 amide bonds. The summed E-state index contributed by atoms with van der Waals surface area (Å²) in [6, 6.07) is 8.72. The number of alkyl halides is 3. The van der Waals surface area contributed by atoms with Gasteiger partial charge in [-0.2, -0.15) is 13.2 Å². The summed E-state index contributed by atoms with van der Waals surface area (Å²) in [6.07, 6.45) is -0.195. The lowest BCUT2D eigenvalue weighted by atomic mass is 10.1. The number of nitrogens with one attached hydrogen (secondary N) is 2. The van der Waals surface area contributed by atoms with Gasteiger partial charge < -0.3 is 20.0 Å². The second-order valence-corrected chi connectivity index (χ2v) is 7.06. The Balaban J connectivity index is 1.61. The van der Waals surface area contributed by atoms with E-state index < -0.39 is 11.7 Å². The Morgan fingerprint density at radius 1 is 1.13 bits per heavy atom. The molecule has 3 rings (SSSR count). The molecule has 1 aliphatic rings. The van der Waals surface area contributed by atoms with Gasteiger partial charge in [-0.05, 0) is 42.7 Å². The predicted octanol–water partition coefficient (Wildman–Crippen LogP) is 3.20. The highest BCUT2D eigenvalue weighted by atomic mass is 19.4. The molecule has 0 atom stereocenters. The van der Waals surface area contributed by atoms with Crippen LogP contribution in [0.15, 0.2) is 52.1 Å². The molecule has 162 valence electrons. The molecule has 0 bridgehead atoms. The zero-order valence-corrected chi connectivity index (χ0v) is 16.5. The highest BCUT2D eigenvalue weighted by Gasteiger charge is 2.30. The van der Waals surface area contributed by atoms with Gasteiger partial charge >= 0.3 is 6.18 Å². The number of hydrogen-bond donors (Lipinski definition) is 2. The normalized spacial score (nSPS) is 14.8. The SMILES string of the molecule is O=C(CNC(=NCc1cccc(C(F)(F)F)c1)NCCc1ccco1)N1CCCC1. The van der Waals surface area contributed by atoms with E-state index in [2.05, 4.69) is 15.6 Å². The number of halogens is 3. The standard InChI is InChI=1S/C21H25F3N4O2/c22-21(23,24)17-6-3-5-16(13-17)14-26-20(25-9-8-18-7-4-12-30-18)27-15-19(29)28-10-1-2-11-28/h3-7,12-13H,1-2,8-11,14-15H2,(H2,25,26,27). The fraction of sp³-hybridized carbons (Fsp3) is 0.429. The molecule has 30 heavy (non-hydrogen) atoms. The van der Waals surface area contributed by atoms with Crippen LogP contribution in [0.1, 0.15) is 29.7 Å². The number of guanidine groups is 1. The van der Waals surface area contributed by atoms with Crippen LogP contribution in [0.3, 0.4) is 0 Å². The quantitative estimate of drug-likeness (QED) is 0.531. The van der Waals surface area contributed by atoms with Gasteiger partial charge in [-0.3, -0.25) is 4.79 Å². The Hall–Kier alpha value is -2.97. The number of nitrogens with zero attached hydrogens (tertiary/aromatic N) is 2. The summed E-state index contributed by atoms with van der Waals surface area (Å²) in [5, 5.41) is 6.09. The van der Waals surface area contributed by atoms with Gasteiger partial charge in [-0.15, -0.1) is 0 Å². The molecule has 2 aromatic rings. The molecule has 1 saturated heterocycles. The Morgan fingerprint density at radius 3 is 2.63 bits per heavy atom. The van der Waals surface area contributed by atoms with E-state index in [0.29, 0.717) is 24.5 Å². The molecule has 6 nitrogen and oxygen atoms in total. The summed E-state index contributed by atoms with van der Waals surface area (Å²) in [5.74, 6) is 1.14.